The van der Waals surface area contributed by atoms with E-state index in [-0.39, 0.29) is 6.10 Å². The summed E-state index contributed by atoms with van der Waals surface area (Å²) in [5.74, 6) is 0.758. The number of aliphatic hydroxyl groups is 1. The Balaban J connectivity index is 1.44. The van der Waals surface area contributed by atoms with E-state index in [0.29, 0.717) is 19.2 Å². The summed E-state index contributed by atoms with van der Waals surface area (Å²) in [6.07, 6.45) is 7.57. The number of ether oxygens (including phenoxy) is 1. The fourth-order valence-electron chi connectivity index (χ4n) is 2.20. The predicted octanol–water partition coefficient (Wildman–Crippen LogP) is 1.31. The molecule has 0 bridgehead atoms. The van der Waals surface area contributed by atoms with E-state index in [1.807, 2.05) is 0 Å². The fraction of sp³-hybridized carbons (Fsp3) is 1.00. The van der Waals surface area contributed by atoms with Gasteiger partial charge in [0.15, 0.2) is 0 Å². The van der Waals surface area contributed by atoms with Crippen LogP contribution in [0.2, 0.25) is 0 Å². The van der Waals surface area contributed by atoms with Gasteiger partial charge in [0.1, 0.15) is 0 Å². The van der Waals surface area contributed by atoms with Crippen molar-refractivity contribution in [1.82, 2.24) is 5.32 Å². The Morgan fingerprint density at radius 3 is 2.60 bits per heavy atom. The fourth-order valence-corrected chi connectivity index (χ4v) is 2.20. The van der Waals surface area contributed by atoms with Crippen molar-refractivity contribution in [2.45, 2.75) is 50.7 Å². The van der Waals surface area contributed by atoms with Gasteiger partial charge in [-0.25, -0.2) is 0 Å². The molecule has 0 amide bonds. The molecule has 0 saturated heterocycles. The minimum Gasteiger partial charge on any atom is -0.389 e. The van der Waals surface area contributed by atoms with Crippen LogP contribution in [0.25, 0.3) is 0 Å². The molecule has 0 radical (unpaired) electrons. The van der Waals surface area contributed by atoms with Crippen molar-refractivity contribution < 1.29 is 9.84 Å². The van der Waals surface area contributed by atoms with Crippen LogP contribution in [0.3, 0.4) is 0 Å². The maximum absolute atomic E-state index is 9.61. The van der Waals surface area contributed by atoms with Crippen LogP contribution in [0.1, 0.15) is 38.5 Å². The maximum Gasteiger partial charge on any atom is 0.0897 e. The molecule has 2 aliphatic carbocycles. The Hall–Kier alpha value is -0.120. The van der Waals surface area contributed by atoms with Crippen molar-refractivity contribution in [3.05, 3.63) is 0 Å². The van der Waals surface area contributed by atoms with Gasteiger partial charge in [-0.15, -0.1) is 0 Å². The first-order valence-electron chi connectivity index (χ1n) is 6.34. The van der Waals surface area contributed by atoms with Crippen molar-refractivity contribution in [3.8, 4) is 0 Å². The number of aliphatic hydroxyl groups excluding tert-OH is 1. The van der Waals surface area contributed by atoms with E-state index in [0.717, 1.165) is 12.5 Å². The zero-order valence-corrected chi connectivity index (χ0v) is 9.45. The highest BCUT2D eigenvalue weighted by molar-refractivity contribution is 4.81. The number of hydrogen-bond donors (Lipinski definition) is 2. The quantitative estimate of drug-likeness (QED) is 0.670. The average Bonchev–Trinajstić information content (AvgIpc) is 2.92. The summed E-state index contributed by atoms with van der Waals surface area (Å²) < 4.78 is 5.54. The second-order valence-electron chi connectivity index (χ2n) is 5.02. The van der Waals surface area contributed by atoms with E-state index in [2.05, 4.69) is 5.32 Å². The molecule has 2 aliphatic rings. The maximum atomic E-state index is 9.61. The van der Waals surface area contributed by atoms with E-state index >= 15 is 0 Å². The van der Waals surface area contributed by atoms with Gasteiger partial charge in [-0.2, -0.15) is 0 Å². The summed E-state index contributed by atoms with van der Waals surface area (Å²) >= 11 is 0. The molecule has 2 saturated carbocycles. The zero-order valence-electron chi connectivity index (χ0n) is 9.45. The molecular formula is C12H23NO2. The lowest BCUT2D eigenvalue weighted by Crippen LogP contribution is -2.32. The van der Waals surface area contributed by atoms with Crippen molar-refractivity contribution in [3.63, 3.8) is 0 Å². The van der Waals surface area contributed by atoms with Gasteiger partial charge >= 0.3 is 0 Å². The molecule has 0 aromatic heterocycles. The first-order valence-corrected chi connectivity index (χ1v) is 6.34. The van der Waals surface area contributed by atoms with Crippen molar-refractivity contribution in [1.29, 1.82) is 0 Å². The van der Waals surface area contributed by atoms with Gasteiger partial charge < -0.3 is 15.2 Å². The van der Waals surface area contributed by atoms with Crippen molar-refractivity contribution in [2.24, 2.45) is 5.92 Å². The highest BCUT2D eigenvalue weighted by atomic mass is 16.5. The number of nitrogens with one attached hydrogen (secondary N) is 1. The largest absolute Gasteiger partial charge is 0.389 e. The second-order valence-corrected chi connectivity index (χ2v) is 5.02. The molecule has 0 heterocycles. The average molecular weight is 213 g/mol. The minimum absolute atomic E-state index is 0.327. The van der Waals surface area contributed by atoms with Crippen molar-refractivity contribution in [2.75, 3.05) is 19.8 Å². The standard InChI is InChI=1S/C12H23NO2/c14-12(7-13-11-5-6-11)9-15-8-10-3-1-2-4-10/h10-14H,1-9H2. The minimum atomic E-state index is -0.327. The van der Waals surface area contributed by atoms with Crippen LogP contribution < -0.4 is 5.32 Å². The highest BCUT2D eigenvalue weighted by Gasteiger charge is 2.21. The molecule has 0 spiro atoms. The summed E-state index contributed by atoms with van der Waals surface area (Å²) in [7, 11) is 0. The van der Waals surface area contributed by atoms with Crippen molar-refractivity contribution >= 4 is 0 Å². The lowest BCUT2D eigenvalue weighted by molar-refractivity contribution is 0.0223. The Bertz CT molecular complexity index is 176. The van der Waals surface area contributed by atoms with Crippen LogP contribution in [0, 0.1) is 5.92 Å². The number of hydrogen-bond acceptors (Lipinski definition) is 3. The lowest BCUT2D eigenvalue weighted by Gasteiger charge is -2.14. The third-order valence-electron chi connectivity index (χ3n) is 3.36. The normalized spacial score (nSPS) is 24.6. The Morgan fingerprint density at radius 1 is 1.20 bits per heavy atom. The van der Waals surface area contributed by atoms with Gasteiger partial charge in [-0.3, -0.25) is 0 Å². The van der Waals surface area contributed by atoms with Gasteiger partial charge in [-0.05, 0) is 31.6 Å². The van der Waals surface area contributed by atoms with E-state index < -0.39 is 0 Å². The molecule has 3 nitrogen and oxygen atoms in total. The Kier molecular flexibility index (Phi) is 4.42. The van der Waals surface area contributed by atoms with Gasteiger partial charge in [0.2, 0.25) is 0 Å². The molecule has 0 aromatic carbocycles. The topological polar surface area (TPSA) is 41.5 Å². The van der Waals surface area contributed by atoms with Gasteiger partial charge in [0, 0.05) is 19.2 Å². The van der Waals surface area contributed by atoms with Crippen LogP contribution in [-0.4, -0.2) is 37.0 Å². The molecule has 2 fully saturated rings. The van der Waals surface area contributed by atoms with Crippen LogP contribution in [0.5, 0.6) is 0 Å². The molecule has 2 rings (SSSR count). The summed E-state index contributed by atoms with van der Waals surface area (Å²) in [5, 5.41) is 12.9. The molecular weight excluding hydrogens is 190 g/mol. The SMILES string of the molecule is OC(CNC1CC1)COCC1CCCC1. The van der Waals surface area contributed by atoms with Gasteiger partial charge in [0.25, 0.3) is 0 Å². The Morgan fingerprint density at radius 2 is 1.93 bits per heavy atom. The van der Waals surface area contributed by atoms with E-state index in [4.69, 9.17) is 4.74 Å². The van der Waals surface area contributed by atoms with Crippen LogP contribution in [0.4, 0.5) is 0 Å². The molecule has 3 heteroatoms. The lowest BCUT2D eigenvalue weighted by atomic mass is 10.1. The molecule has 1 unspecified atom stereocenters. The summed E-state index contributed by atoms with van der Waals surface area (Å²) in [6, 6.07) is 0.675. The van der Waals surface area contributed by atoms with E-state index in [1.54, 1.807) is 0 Å². The molecule has 0 aromatic rings. The molecule has 88 valence electrons. The molecule has 2 N–H and O–H groups in total. The summed E-state index contributed by atoms with van der Waals surface area (Å²) in [5.41, 5.74) is 0. The smallest absolute Gasteiger partial charge is 0.0897 e. The van der Waals surface area contributed by atoms with Gasteiger partial charge in [-0.1, -0.05) is 12.8 Å². The third-order valence-corrected chi connectivity index (χ3v) is 3.36. The van der Waals surface area contributed by atoms with E-state index in [1.165, 1.54) is 38.5 Å². The van der Waals surface area contributed by atoms with Crippen LogP contribution in [0.15, 0.2) is 0 Å². The first-order chi connectivity index (χ1) is 7.34. The monoisotopic (exact) mass is 213 g/mol. The van der Waals surface area contributed by atoms with E-state index in [9.17, 15) is 5.11 Å². The molecule has 0 aliphatic heterocycles. The predicted molar refractivity (Wildman–Crippen MR) is 59.8 cm³/mol. The van der Waals surface area contributed by atoms with Crippen LogP contribution in [-0.2, 0) is 4.74 Å². The first kappa shape index (κ1) is 11.4. The summed E-state index contributed by atoms with van der Waals surface area (Å²) in [4.78, 5) is 0. The molecule has 1 atom stereocenters. The van der Waals surface area contributed by atoms with Crippen LogP contribution >= 0.6 is 0 Å². The number of rotatable bonds is 7. The second kappa shape index (κ2) is 5.83. The third kappa shape index (κ3) is 4.49. The highest BCUT2D eigenvalue weighted by Crippen LogP contribution is 2.24. The Labute approximate surface area is 92.2 Å². The zero-order chi connectivity index (χ0) is 10.5. The summed E-state index contributed by atoms with van der Waals surface area (Å²) in [6.45, 7) is 2.03. The molecule has 15 heavy (non-hydrogen) atoms. The van der Waals surface area contributed by atoms with Gasteiger partial charge in [0.05, 0.1) is 12.7 Å².